The van der Waals surface area contributed by atoms with Gasteiger partial charge in [-0.25, -0.2) is 0 Å². The van der Waals surface area contributed by atoms with E-state index in [-0.39, 0.29) is 68.3 Å². The molecule has 0 aromatic heterocycles. The fourth-order valence-electron chi connectivity index (χ4n) is 2.18. The summed E-state index contributed by atoms with van der Waals surface area (Å²) in [5, 5.41) is 4.19. The fourth-order valence-corrected chi connectivity index (χ4v) is 4.48. The number of benzene rings is 3. The van der Waals surface area contributed by atoms with E-state index in [4.69, 9.17) is 0 Å². The average molecular weight is 554 g/mol. The van der Waals surface area contributed by atoms with Crippen molar-refractivity contribution >= 4 is 23.8 Å². The van der Waals surface area contributed by atoms with E-state index < -0.39 is 7.92 Å². The Morgan fingerprint density at radius 2 is 0.609 bits per heavy atom. The maximum atomic E-state index is 2.23. The third kappa shape index (κ3) is 6.83. The van der Waals surface area contributed by atoms with Gasteiger partial charge in [0.1, 0.15) is 0 Å². The van der Waals surface area contributed by atoms with Gasteiger partial charge < -0.3 is 50.9 Å². The molecule has 0 fully saturated rings. The van der Waals surface area contributed by atoms with Crippen LogP contribution in [0.25, 0.3) is 0 Å². The van der Waals surface area contributed by atoms with Gasteiger partial charge in [0.15, 0.2) is 0 Å². The van der Waals surface area contributed by atoms with E-state index in [1.165, 1.54) is 15.9 Å². The molecule has 0 saturated carbocycles. The van der Waals surface area contributed by atoms with E-state index in [9.17, 15) is 0 Å². The molecular formula is C18H15Br3CrP. The Balaban J connectivity index is 0. The first-order valence-electron chi connectivity index (χ1n) is 6.40. The molecule has 3 rings (SSSR count). The molecule has 0 aliphatic carbocycles. The molecule has 0 saturated heterocycles. The Kier molecular flexibility index (Phi) is 14.7. The largest absolute Gasteiger partial charge is 3.00 e. The van der Waals surface area contributed by atoms with Crippen molar-refractivity contribution in [3.8, 4) is 0 Å². The first-order chi connectivity index (χ1) is 9.45. The maximum Gasteiger partial charge on any atom is 3.00 e. The summed E-state index contributed by atoms with van der Waals surface area (Å²) in [6, 6.07) is 32.3. The molecule has 1 radical (unpaired) electrons. The van der Waals surface area contributed by atoms with Crippen LogP contribution in [-0.4, -0.2) is 0 Å². The van der Waals surface area contributed by atoms with Gasteiger partial charge in [0.2, 0.25) is 0 Å². The molecule has 0 spiro atoms. The SMILES string of the molecule is [Br-].[Br-].[Br-].[Cr+3].c1ccc(P(c2ccccc2)c2ccccc2)cc1. The third-order valence-corrected chi connectivity index (χ3v) is 5.49. The molecule has 0 atom stereocenters. The minimum Gasteiger partial charge on any atom is -1.00 e. The van der Waals surface area contributed by atoms with Crippen LogP contribution in [0.2, 0.25) is 0 Å². The second kappa shape index (κ2) is 13.4. The molecule has 0 unspecified atom stereocenters. The van der Waals surface area contributed by atoms with Crippen LogP contribution in [0.3, 0.4) is 0 Å². The molecule has 5 heteroatoms. The minimum atomic E-state index is -0.446. The van der Waals surface area contributed by atoms with E-state index in [0.29, 0.717) is 0 Å². The van der Waals surface area contributed by atoms with Crippen molar-refractivity contribution in [1.29, 1.82) is 0 Å². The predicted molar refractivity (Wildman–Crippen MR) is 85.1 cm³/mol. The van der Waals surface area contributed by atoms with Crippen molar-refractivity contribution in [3.05, 3.63) is 91.0 Å². The first-order valence-corrected chi connectivity index (χ1v) is 7.74. The maximum absolute atomic E-state index is 2.23. The Morgan fingerprint density at radius 1 is 0.391 bits per heavy atom. The van der Waals surface area contributed by atoms with Crippen LogP contribution >= 0.6 is 7.92 Å². The van der Waals surface area contributed by atoms with E-state index in [0.717, 1.165) is 0 Å². The van der Waals surface area contributed by atoms with Crippen LogP contribution in [0.5, 0.6) is 0 Å². The summed E-state index contributed by atoms with van der Waals surface area (Å²) in [6.07, 6.45) is 0. The van der Waals surface area contributed by atoms with Crippen LogP contribution in [0, 0.1) is 0 Å². The summed E-state index contributed by atoms with van der Waals surface area (Å²) in [7, 11) is -0.446. The summed E-state index contributed by atoms with van der Waals surface area (Å²) >= 11 is 0. The van der Waals surface area contributed by atoms with Crippen LogP contribution in [0.1, 0.15) is 0 Å². The van der Waals surface area contributed by atoms with Crippen molar-refractivity contribution in [2.75, 3.05) is 0 Å². The summed E-state index contributed by atoms with van der Waals surface area (Å²) < 4.78 is 0. The van der Waals surface area contributed by atoms with Gasteiger partial charge in [-0.15, -0.1) is 0 Å². The van der Waals surface area contributed by atoms with Crippen LogP contribution in [-0.2, 0) is 17.4 Å². The number of rotatable bonds is 3. The normalized spacial score (nSPS) is 8.74. The van der Waals surface area contributed by atoms with Gasteiger partial charge in [-0.3, -0.25) is 0 Å². The molecule has 0 N–H and O–H groups in total. The first kappa shape index (κ1) is 25.3. The van der Waals surface area contributed by atoms with Crippen LogP contribution in [0.4, 0.5) is 0 Å². The van der Waals surface area contributed by atoms with Gasteiger partial charge >= 0.3 is 17.4 Å². The Morgan fingerprint density at radius 3 is 0.826 bits per heavy atom. The molecule has 0 nitrogen and oxygen atoms in total. The average Bonchev–Trinajstić information content (AvgIpc) is 2.51. The van der Waals surface area contributed by atoms with Crippen molar-refractivity contribution in [2.45, 2.75) is 0 Å². The molecule has 119 valence electrons. The van der Waals surface area contributed by atoms with Crippen molar-refractivity contribution in [2.24, 2.45) is 0 Å². The summed E-state index contributed by atoms with van der Waals surface area (Å²) in [4.78, 5) is 0. The molecule has 0 aliphatic heterocycles. The second-order valence-electron chi connectivity index (χ2n) is 4.34. The molecule has 0 bridgehead atoms. The monoisotopic (exact) mass is 551 g/mol. The molecule has 0 aliphatic rings. The molecule has 0 amide bonds. The van der Waals surface area contributed by atoms with Gasteiger partial charge in [0, 0.05) is 0 Å². The topological polar surface area (TPSA) is 0 Å². The summed E-state index contributed by atoms with van der Waals surface area (Å²) in [6.45, 7) is 0. The van der Waals surface area contributed by atoms with Gasteiger partial charge in [0.05, 0.1) is 0 Å². The smallest absolute Gasteiger partial charge is 1.00 e. The van der Waals surface area contributed by atoms with Gasteiger partial charge in [-0.2, -0.15) is 0 Å². The zero-order valence-electron chi connectivity index (χ0n) is 12.1. The van der Waals surface area contributed by atoms with Crippen LogP contribution < -0.4 is 66.9 Å². The van der Waals surface area contributed by atoms with Gasteiger partial charge in [-0.1, -0.05) is 91.0 Å². The predicted octanol–water partition coefficient (Wildman–Crippen LogP) is -5.55. The van der Waals surface area contributed by atoms with Crippen LogP contribution in [0.15, 0.2) is 91.0 Å². The van der Waals surface area contributed by atoms with E-state index >= 15 is 0 Å². The Bertz CT molecular complexity index is 542. The summed E-state index contributed by atoms with van der Waals surface area (Å²) in [5.41, 5.74) is 0. The Labute approximate surface area is 181 Å². The minimum absolute atomic E-state index is 0. The second-order valence-corrected chi connectivity index (χ2v) is 6.56. The van der Waals surface area contributed by atoms with Crippen molar-refractivity contribution in [3.63, 3.8) is 0 Å². The Hall–Kier alpha value is 0.0625. The number of hydrogen-bond acceptors (Lipinski definition) is 0. The zero-order chi connectivity index (χ0) is 12.9. The number of hydrogen-bond donors (Lipinski definition) is 0. The summed E-state index contributed by atoms with van der Waals surface area (Å²) in [5.74, 6) is 0. The molecular weight excluding hydrogens is 539 g/mol. The quantitative estimate of drug-likeness (QED) is 0.284. The van der Waals surface area contributed by atoms with Crippen molar-refractivity contribution in [1.82, 2.24) is 0 Å². The molecule has 23 heavy (non-hydrogen) atoms. The molecule has 0 heterocycles. The standard InChI is InChI=1S/C18H15P.3BrH.Cr/c1-4-10-16(11-5-1)19(17-12-6-2-7-13-17)18-14-8-3-9-15-18;;;;/h1-15H;3*1H;/q;;;;+3/p-3. The fraction of sp³-hybridized carbons (Fsp3) is 0. The van der Waals surface area contributed by atoms with Gasteiger partial charge in [0.25, 0.3) is 0 Å². The van der Waals surface area contributed by atoms with E-state index in [1.54, 1.807) is 0 Å². The van der Waals surface area contributed by atoms with E-state index in [2.05, 4.69) is 91.0 Å². The molecule has 3 aromatic rings. The molecule has 3 aromatic carbocycles. The van der Waals surface area contributed by atoms with Crippen molar-refractivity contribution < 1.29 is 68.3 Å². The zero-order valence-corrected chi connectivity index (χ0v) is 19.1. The van der Waals surface area contributed by atoms with Gasteiger partial charge in [-0.05, 0) is 23.8 Å². The van der Waals surface area contributed by atoms with E-state index in [1.807, 2.05) is 0 Å². The number of halogens is 3. The third-order valence-electron chi connectivity index (χ3n) is 3.04.